The first-order valence-electron chi connectivity index (χ1n) is 8.51. The minimum Gasteiger partial charge on any atom is -0.483 e. The second-order valence-corrected chi connectivity index (χ2v) is 6.41. The van der Waals surface area contributed by atoms with Crippen molar-refractivity contribution in [2.75, 3.05) is 11.9 Å². The lowest BCUT2D eigenvalue weighted by molar-refractivity contribution is -0.118. The maximum Gasteiger partial charge on any atom is 0.262 e. The molecule has 0 saturated heterocycles. The molecule has 1 N–H and O–H groups in total. The molecule has 1 heterocycles. The van der Waals surface area contributed by atoms with Gasteiger partial charge in [-0.05, 0) is 43.7 Å². The number of amides is 1. The first kappa shape index (κ1) is 16.2. The molecule has 1 aromatic heterocycles. The summed E-state index contributed by atoms with van der Waals surface area (Å²) < 4.78 is 11.5. The van der Waals surface area contributed by atoms with Gasteiger partial charge in [0.05, 0.1) is 0 Å². The molecule has 3 aromatic carbocycles. The number of benzene rings is 3. The molecule has 4 heteroatoms. The zero-order chi connectivity index (χ0) is 18.1. The Hall–Kier alpha value is -3.27. The van der Waals surface area contributed by atoms with E-state index in [1.54, 1.807) is 0 Å². The molecule has 0 aliphatic carbocycles. The summed E-state index contributed by atoms with van der Waals surface area (Å²) in [6.07, 6.45) is 0. The summed E-state index contributed by atoms with van der Waals surface area (Å²) in [5, 5.41) is 4.96. The lowest BCUT2D eigenvalue weighted by Crippen LogP contribution is -2.20. The van der Waals surface area contributed by atoms with Crippen LogP contribution in [0.1, 0.15) is 11.1 Å². The molecule has 0 aliphatic rings. The van der Waals surface area contributed by atoms with E-state index in [4.69, 9.17) is 9.15 Å². The number of hydrogen-bond acceptors (Lipinski definition) is 3. The van der Waals surface area contributed by atoms with Crippen LogP contribution in [0.15, 0.2) is 65.1 Å². The van der Waals surface area contributed by atoms with Crippen LogP contribution in [0.5, 0.6) is 5.75 Å². The van der Waals surface area contributed by atoms with E-state index in [1.807, 2.05) is 74.5 Å². The zero-order valence-corrected chi connectivity index (χ0v) is 14.7. The van der Waals surface area contributed by atoms with Crippen molar-refractivity contribution in [1.82, 2.24) is 0 Å². The van der Waals surface area contributed by atoms with E-state index in [2.05, 4.69) is 5.32 Å². The largest absolute Gasteiger partial charge is 0.483 e. The Morgan fingerprint density at radius 2 is 1.77 bits per heavy atom. The third kappa shape index (κ3) is 3.14. The van der Waals surface area contributed by atoms with E-state index >= 15 is 0 Å². The highest BCUT2D eigenvalue weighted by atomic mass is 16.5. The molecule has 4 rings (SSSR count). The number of fused-ring (bicyclic) bond motifs is 3. The Morgan fingerprint density at radius 1 is 0.962 bits per heavy atom. The van der Waals surface area contributed by atoms with Crippen LogP contribution in [0, 0.1) is 13.8 Å². The fourth-order valence-electron chi connectivity index (χ4n) is 3.11. The van der Waals surface area contributed by atoms with E-state index in [-0.39, 0.29) is 12.5 Å². The number of rotatable bonds is 4. The number of carbonyl (C=O) groups excluding carboxylic acids is 1. The number of anilines is 1. The molecule has 0 saturated carbocycles. The highest BCUT2D eigenvalue weighted by molar-refractivity contribution is 6.06. The molecule has 1 amide bonds. The summed E-state index contributed by atoms with van der Waals surface area (Å²) >= 11 is 0. The van der Waals surface area contributed by atoms with Crippen molar-refractivity contribution in [3.8, 4) is 5.75 Å². The molecule has 0 fully saturated rings. The third-order valence-electron chi connectivity index (χ3n) is 4.35. The molecule has 0 unspecified atom stereocenters. The molecule has 4 aromatic rings. The molecule has 0 aliphatic heterocycles. The molecule has 130 valence electrons. The first-order valence-corrected chi connectivity index (χ1v) is 8.51. The van der Waals surface area contributed by atoms with Crippen LogP contribution in [0.25, 0.3) is 21.9 Å². The van der Waals surface area contributed by atoms with Gasteiger partial charge >= 0.3 is 0 Å². The Kier molecular flexibility index (Phi) is 4.09. The van der Waals surface area contributed by atoms with Crippen LogP contribution >= 0.6 is 0 Å². The fourth-order valence-corrected chi connectivity index (χ4v) is 3.11. The monoisotopic (exact) mass is 345 g/mol. The van der Waals surface area contributed by atoms with Gasteiger partial charge in [-0.25, -0.2) is 0 Å². The Morgan fingerprint density at radius 3 is 2.62 bits per heavy atom. The van der Waals surface area contributed by atoms with Crippen LogP contribution < -0.4 is 10.1 Å². The zero-order valence-electron chi connectivity index (χ0n) is 14.7. The highest BCUT2D eigenvalue weighted by Gasteiger charge is 2.09. The number of furan rings is 1. The predicted molar refractivity (Wildman–Crippen MR) is 104 cm³/mol. The minimum absolute atomic E-state index is 0.0396. The van der Waals surface area contributed by atoms with E-state index < -0.39 is 0 Å². The van der Waals surface area contributed by atoms with Gasteiger partial charge in [0, 0.05) is 22.5 Å². The van der Waals surface area contributed by atoms with Crippen LogP contribution in [-0.2, 0) is 4.79 Å². The molecule has 0 atom stereocenters. The summed E-state index contributed by atoms with van der Waals surface area (Å²) in [6.45, 7) is 3.95. The van der Waals surface area contributed by atoms with Crippen LogP contribution in [0.4, 0.5) is 5.69 Å². The van der Waals surface area contributed by atoms with Crippen LogP contribution in [-0.4, -0.2) is 12.5 Å². The first-order chi connectivity index (χ1) is 12.6. The minimum atomic E-state index is -0.208. The van der Waals surface area contributed by atoms with Gasteiger partial charge in [0.15, 0.2) is 6.61 Å². The topological polar surface area (TPSA) is 51.5 Å². The molecule has 0 radical (unpaired) electrons. The van der Waals surface area contributed by atoms with Gasteiger partial charge in [-0.15, -0.1) is 0 Å². The molecule has 0 spiro atoms. The Labute approximate surface area is 151 Å². The fraction of sp³-hybridized carbons (Fsp3) is 0.136. The van der Waals surface area contributed by atoms with Crippen molar-refractivity contribution >= 4 is 33.5 Å². The average Bonchev–Trinajstić information content (AvgIpc) is 2.98. The smallest absolute Gasteiger partial charge is 0.262 e. The number of carbonyl (C=O) groups is 1. The van der Waals surface area contributed by atoms with Gasteiger partial charge < -0.3 is 14.5 Å². The van der Waals surface area contributed by atoms with E-state index in [0.717, 1.165) is 33.3 Å². The molecule has 26 heavy (non-hydrogen) atoms. The van der Waals surface area contributed by atoms with E-state index in [1.165, 1.54) is 5.56 Å². The van der Waals surface area contributed by atoms with Crippen molar-refractivity contribution in [2.24, 2.45) is 0 Å². The van der Waals surface area contributed by atoms with Gasteiger partial charge in [-0.1, -0.05) is 35.9 Å². The SMILES string of the molecule is Cc1ccc(OCC(=O)Nc2ccc3c(c2)oc2ccccc23)c(C)c1. The molecular weight excluding hydrogens is 326 g/mol. The second-order valence-electron chi connectivity index (χ2n) is 6.41. The summed E-state index contributed by atoms with van der Waals surface area (Å²) in [6, 6.07) is 19.4. The van der Waals surface area contributed by atoms with Crippen LogP contribution in [0.3, 0.4) is 0 Å². The Balaban J connectivity index is 1.47. The quantitative estimate of drug-likeness (QED) is 0.552. The number of hydrogen-bond donors (Lipinski definition) is 1. The normalized spacial score (nSPS) is 11.0. The maximum atomic E-state index is 12.2. The van der Waals surface area contributed by atoms with Crippen molar-refractivity contribution < 1.29 is 13.9 Å². The predicted octanol–water partition coefficient (Wildman–Crippen LogP) is 5.22. The highest BCUT2D eigenvalue weighted by Crippen LogP contribution is 2.30. The van der Waals surface area contributed by atoms with Gasteiger partial charge in [-0.2, -0.15) is 0 Å². The lowest BCUT2D eigenvalue weighted by atomic mass is 10.1. The summed E-state index contributed by atoms with van der Waals surface area (Å²) in [7, 11) is 0. The summed E-state index contributed by atoms with van der Waals surface area (Å²) in [5.74, 6) is 0.513. The number of aryl methyl sites for hydroxylation is 2. The van der Waals surface area contributed by atoms with Crippen molar-refractivity contribution in [3.63, 3.8) is 0 Å². The van der Waals surface area contributed by atoms with Crippen molar-refractivity contribution in [2.45, 2.75) is 13.8 Å². The summed E-state index contributed by atoms with van der Waals surface area (Å²) in [4.78, 5) is 12.2. The maximum absolute atomic E-state index is 12.2. The van der Waals surface area contributed by atoms with Crippen molar-refractivity contribution in [1.29, 1.82) is 0 Å². The van der Waals surface area contributed by atoms with E-state index in [9.17, 15) is 4.79 Å². The Bertz CT molecular complexity index is 1110. The standard InChI is InChI=1S/C22H19NO3/c1-14-7-10-19(15(2)11-14)25-13-22(24)23-16-8-9-18-17-5-3-4-6-20(17)26-21(18)12-16/h3-12H,13H2,1-2H3,(H,23,24). The van der Waals surface area contributed by atoms with Crippen LogP contribution in [0.2, 0.25) is 0 Å². The van der Waals surface area contributed by atoms with Gasteiger partial charge in [-0.3, -0.25) is 4.79 Å². The number of para-hydroxylation sites is 1. The number of nitrogens with one attached hydrogen (secondary N) is 1. The third-order valence-corrected chi connectivity index (χ3v) is 4.35. The summed E-state index contributed by atoms with van der Waals surface area (Å²) in [5.41, 5.74) is 4.45. The second kappa shape index (κ2) is 6.56. The van der Waals surface area contributed by atoms with Gasteiger partial charge in [0.25, 0.3) is 5.91 Å². The molecule has 4 nitrogen and oxygen atoms in total. The lowest BCUT2D eigenvalue weighted by Gasteiger charge is -2.10. The number of ether oxygens (including phenoxy) is 1. The van der Waals surface area contributed by atoms with Crippen molar-refractivity contribution in [3.05, 3.63) is 71.8 Å². The average molecular weight is 345 g/mol. The van der Waals surface area contributed by atoms with Gasteiger partial charge in [0.1, 0.15) is 16.9 Å². The van der Waals surface area contributed by atoms with E-state index in [0.29, 0.717) is 5.69 Å². The molecular formula is C22H19NO3. The molecule has 0 bridgehead atoms. The van der Waals surface area contributed by atoms with Gasteiger partial charge in [0.2, 0.25) is 0 Å².